The van der Waals surface area contributed by atoms with Crippen LogP contribution in [0.2, 0.25) is 5.02 Å². The molecule has 0 radical (unpaired) electrons. The number of Topliss-reactive ketones (excluding diaryl/α,β-unsaturated/α-hetero) is 1. The predicted octanol–water partition coefficient (Wildman–Crippen LogP) is 7.67. The highest BCUT2D eigenvalue weighted by Gasteiger charge is 2.15. The van der Waals surface area contributed by atoms with Crippen LogP contribution >= 0.6 is 38.9 Å². The second kappa shape index (κ2) is 11.9. The number of benzene rings is 3. The maximum Gasteiger partial charge on any atom is 0.345 e. The van der Waals surface area contributed by atoms with Gasteiger partial charge in [0.1, 0.15) is 16.7 Å². The van der Waals surface area contributed by atoms with Gasteiger partial charge in [-0.3, -0.25) is 4.79 Å². The number of aromatic nitrogens is 1. The van der Waals surface area contributed by atoms with Crippen molar-refractivity contribution in [1.82, 2.24) is 4.98 Å². The van der Waals surface area contributed by atoms with E-state index in [1.165, 1.54) is 18.4 Å². The Bertz CT molecular complexity index is 1870. The number of carbonyl (C=O) groups is 1. The van der Waals surface area contributed by atoms with E-state index in [1.807, 2.05) is 6.07 Å². The van der Waals surface area contributed by atoms with Crippen LogP contribution in [0.15, 0.2) is 85.8 Å². The molecule has 0 spiro atoms. The smallest absolute Gasteiger partial charge is 0.345 e. The van der Waals surface area contributed by atoms with Crippen LogP contribution in [-0.4, -0.2) is 24.5 Å². The molecule has 0 amide bonds. The number of nitriles is 1. The van der Waals surface area contributed by atoms with Crippen molar-refractivity contribution in [2.24, 2.45) is 0 Å². The molecule has 0 unspecified atom stereocenters. The van der Waals surface area contributed by atoms with Gasteiger partial charge < -0.3 is 13.9 Å². The van der Waals surface area contributed by atoms with Crippen LogP contribution in [0.5, 0.6) is 11.5 Å². The maximum absolute atomic E-state index is 12.6. The summed E-state index contributed by atoms with van der Waals surface area (Å²) >= 11 is 10.6. The first kappa shape index (κ1) is 27.3. The van der Waals surface area contributed by atoms with Gasteiger partial charge in [-0.1, -0.05) is 33.6 Å². The first-order valence-corrected chi connectivity index (χ1v) is 13.8. The molecule has 0 N–H and O–H groups in total. The van der Waals surface area contributed by atoms with Crippen molar-refractivity contribution in [2.45, 2.75) is 0 Å². The average molecular weight is 634 g/mol. The Kier molecular flexibility index (Phi) is 8.12. The molecular formula is C30H18BrClN2O5S. The van der Waals surface area contributed by atoms with E-state index in [4.69, 9.17) is 25.5 Å². The molecule has 7 nitrogen and oxygen atoms in total. The highest BCUT2D eigenvalue weighted by molar-refractivity contribution is 9.10. The molecule has 40 heavy (non-hydrogen) atoms. The predicted molar refractivity (Wildman–Crippen MR) is 159 cm³/mol. The number of hydrogen-bond acceptors (Lipinski definition) is 8. The van der Waals surface area contributed by atoms with Crippen molar-refractivity contribution in [2.75, 3.05) is 13.7 Å². The Balaban J connectivity index is 1.37. The molecule has 0 bridgehead atoms. The van der Waals surface area contributed by atoms with E-state index in [1.54, 1.807) is 72.1 Å². The molecule has 0 aliphatic rings. The van der Waals surface area contributed by atoms with E-state index in [0.717, 1.165) is 9.86 Å². The zero-order valence-electron chi connectivity index (χ0n) is 20.8. The molecule has 2 heterocycles. The largest absolute Gasteiger partial charge is 0.493 e. The summed E-state index contributed by atoms with van der Waals surface area (Å²) in [5.74, 6) is 0.573. The normalized spacial score (nSPS) is 11.3. The van der Waals surface area contributed by atoms with E-state index in [-0.39, 0.29) is 12.4 Å². The van der Waals surface area contributed by atoms with Crippen molar-refractivity contribution in [3.05, 3.63) is 108 Å². The number of thiazole rings is 1. The molecule has 0 saturated heterocycles. The quantitative estimate of drug-likeness (QED) is 0.0982. The summed E-state index contributed by atoms with van der Waals surface area (Å²) in [6, 6.07) is 20.9. The molecule has 5 rings (SSSR count). The Morgan fingerprint density at radius 1 is 1.12 bits per heavy atom. The van der Waals surface area contributed by atoms with Crippen molar-refractivity contribution in [3.8, 4) is 28.8 Å². The number of carbonyl (C=O) groups excluding carboxylic acids is 1. The number of ketones is 1. The Hall–Kier alpha value is -4.23. The van der Waals surface area contributed by atoms with Gasteiger partial charge in [0.2, 0.25) is 0 Å². The molecule has 3 aromatic carbocycles. The first-order chi connectivity index (χ1) is 19.3. The minimum atomic E-state index is -0.510. The number of allylic oxidation sites excluding steroid dienone is 1. The third-order valence-corrected chi connectivity index (χ3v) is 7.47. The lowest BCUT2D eigenvalue weighted by Crippen LogP contribution is -2.12. The van der Waals surface area contributed by atoms with Crippen LogP contribution in [0, 0.1) is 11.3 Å². The second-order valence-corrected chi connectivity index (χ2v) is 10.7. The Labute approximate surface area is 246 Å². The van der Waals surface area contributed by atoms with Gasteiger partial charge in [0.15, 0.2) is 23.9 Å². The van der Waals surface area contributed by atoms with Gasteiger partial charge in [0, 0.05) is 25.8 Å². The van der Waals surface area contributed by atoms with Gasteiger partial charge in [0.25, 0.3) is 0 Å². The molecular weight excluding hydrogens is 616 g/mol. The average Bonchev–Trinajstić information content (AvgIpc) is 3.45. The van der Waals surface area contributed by atoms with Crippen LogP contribution in [-0.2, 0) is 0 Å². The lowest BCUT2D eigenvalue weighted by Gasteiger charge is -2.11. The fourth-order valence-electron chi connectivity index (χ4n) is 3.86. The highest BCUT2D eigenvalue weighted by atomic mass is 79.9. The zero-order valence-corrected chi connectivity index (χ0v) is 24.0. The highest BCUT2D eigenvalue weighted by Crippen LogP contribution is 2.32. The van der Waals surface area contributed by atoms with Gasteiger partial charge in [-0.05, 0) is 72.3 Å². The van der Waals surface area contributed by atoms with Gasteiger partial charge in [-0.25, -0.2) is 9.78 Å². The summed E-state index contributed by atoms with van der Waals surface area (Å²) in [6.45, 7) is -0.182. The Morgan fingerprint density at radius 3 is 2.67 bits per heavy atom. The molecule has 5 aromatic rings. The van der Waals surface area contributed by atoms with Gasteiger partial charge >= 0.3 is 5.63 Å². The topological polar surface area (TPSA) is 102 Å². The molecule has 0 fully saturated rings. The van der Waals surface area contributed by atoms with Crippen LogP contribution < -0.4 is 15.1 Å². The lowest BCUT2D eigenvalue weighted by molar-refractivity contribution is 0.0919. The molecule has 0 saturated carbocycles. The van der Waals surface area contributed by atoms with Crippen LogP contribution in [0.1, 0.15) is 20.9 Å². The van der Waals surface area contributed by atoms with E-state index in [2.05, 4.69) is 27.0 Å². The number of ether oxygens (including phenoxy) is 2. The third-order valence-electron chi connectivity index (χ3n) is 5.85. The Morgan fingerprint density at radius 2 is 1.93 bits per heavy atom. The van der Waals surface area contributed by atoms with Crippen molar-refractivity contribution >= 4 is 67.3 Å². The van der Waals surface area contributed by atoms with Crippen LogP contribution in [0.3, 0.4) is 0 Å². The molecule has 10 heteroatoms. The number of methoxy groups -OCH3 is 1. The second-order valence-electron chi connectivity index (χ2n) is 8.47. The van der Waals surface area contributed by atoms with Crippen molar-refractivity contribution < 1.29 is 18.7 Å². The zero-order chi connectivity index (χ0) is 28.2. The SMILES string of the molecule is COc1cc(C=C(C#N)c2nc(-c3cc4cc(Br)ccc4oc3=O)cs2)ccc1OCC(=O)c1ccc(Cl)cc1. The number of hydrogen-bond donors (Lipinski definition) is 0. The number of fused-ring (bicyclic) bond motifs is 1. The molecule has 0 aliphatic carbocycles. The number of rotatable bonds is 8. The van der Waals surface area contributed by atoms with Crippen LogP contribution in [0.4, 0.5) is 0 Å². The summed E-state index contributed by atoms with van der Waals surface area (Å²) in [5.41, 5.74) is 2.14. The lowest BCUT2D eigenvalue weighted by atomic mass is 10.1. The first-order valence-electron chi connectivity index (χ1n) is 11.8. The summed E-state index contributed by atoms with van der Waals surface area (Å²) in [4.78, 5) is 29.6. The molecule has 0 atom stereocenters. The molecule has 198 valence electrons. The summed E-state index contributed by atoms with van der Waals surface area (Å²) in [5, 5.41) is 13.3. The maximum atomic E-state index is 12.6. The summed E-state index contributed by atoms with van der Waals surface area (Å²) < 4.78 is 17.5. The van der Waals surface area contributed by atoms with Crippen LogP contribution in [0.25, 0.3) is 33.9 Å². The van der Waals surface area contributed by atoms with Gasteiger partial charge in [-0.15, -0.1) is 11.3 Å². The fourth-order valence-corrected chi connectivity index (χ4v) is 5.15. The number of nitrogens with zero attached hydrogens (tertiary/aromatic N) is 2. The number of halogens is 2. The third kappa shape index (κ3) is 6.00. The summed E-state index contributed by atoms with van der Waals surface area (Å²) in [7, 11) is 1.49. The molecule has 2 aromatic heterocycles. The minimum Gasteiger partial charge on any atom is -0.493 e. The van der Waals surface area contributed by atoms with E-state index in [0.29, 0.717) is 55.1 Å². The van der Waals surface area contributed by atoms with Gasteiger partial charge in [-0.2, -0.15) is 5.26 Å². The minimum absolute atomic E-state index is 0.182. The van der Waals surface area contributed by atoms with E-state index in [9.17, 15) is 14.9 Å². The molecule has 0 aliphatic heterocycles. The standard InChI is InChI=1S/C30H18BrClN2O5S/c1-37-28-11-17(2-8-27(28)38-15-25(35)18-3-6-22(32)7-4-18)10-20(14-33)29-34-24(16-40-29)23-13-19-12-21(31)5-9-26(19)39-30(23)36/h2-13,16H,15H2,1H3. The van der Waals surface area contributed by atoms with Crippen molar-refractivity contribution in [3.63, 3.8) is 0 Å². The van der Waals surface area contributed by atoms with E-state index < -0.39 is 5.63 Å². The van der Waals surface area contributed by atoms with Gasteiger partial charge in [0.05, 0.1) is 23.9 Å². The fraction of sp³-hybridized carbons (Fsp3) is 0.0667. The summed E-state index contributed by atoms with van der Waals surface area (Å²) in [6.07, 6.45) is 1.66. The monoisotopic (exact) mass is 632 g/mol. The van der Waals surface area contributed by atoms with Crippen molar-refractivity contribution in [1.29, 1.82) is 5.26 Å². The van der Waals surface area contributed by atoms with E-state index >= 15 is 0 Å².